The molecule has 0 bridgehead atoms. The Hall–Kier alpha value is -1.40. The fourth-order valence-electron chi connectivity index (χ4n) is 2.64. The molecule has 1 aliphatic heterocycles. The van der Waals surface area contributed by atoms with E-state index in [0.717, 1.165) is 25.8 Å². The monoisotopic (exact) mass is 310 g/mol. The Kier molecular flexibility index (Phi) is 5.00. The largest absolute Gasteiger partial charge is 0.325 e. The molecule has 6 heteroatoms. The summed E-state index contributed by atoms with van der Waals surface area (Å²) in [7, 11) is -3.26. The Bertz CT molecular complexity index is 613. The van der Waals surface area contributed by atoms with Crippen LogP contribution in [0.5, 0.6) is 0 Å². The molecule has 1 atom stereocenters. The first-order valence-electron chi connectivity index (χ1n) is 7.17. The minimum Gasteiger partial charge on any atom is -0.325 e. The Balaban J connectivity index is 1.96. The highest BCUT2D eigenvalue weighted by Gasteiger charge is 2.18. The molecule has 0 spiro atoms. The number of carbonyl (C=O) groups excluding carboxylic acids is 1. The molecule has 1 aromatic carbocycles. The molecule has 116 valence electrons. The number of nitrogens with zero attached hydrogens (tertiary/aromatic N) is 1. The molecule has 1 heterocycles. The van der Waals surface area contributed by atoms with Gasteiger partial charge in [-0.3, -0.25) is 9.69 Å². The first kappa shape index (κ1) is 16.0. The third kappa shape index (κ3) is 4.82. The van der Waals surface area contributed by atoms with E-state index >= 15 is 0 Å². The van der Waals surface area contributed by atoms with Crippen molar-refractivity contribution in [3.63, 3.8) is 0 Å². The molecule has 1 amide bonds. The summed E-state index contributed by atoms with van der Waals surface area (Å²) in [4.78, 5) is 14.4. The van der Waals surface area contributed by atoms with E-state index < -0.39 is 9.84 Å². The summed E-state index contributed by atoms with van der Waals surface area (Å²) in [5.74, 6) is 0.523. The summed E-state index contributed by atoms with van der Waals surface area (Å²) in [6, 6.07) is 6.35. The van der Waals surface area contributed by atoms with Crippen molar-refractivity contribution in [3.05, 3.63) is 24.3 Å². The number of benzene rings is 1. The lowest BCUT2D eigenvalue weighted by atomic mass is 10.0. The Morgan fingerprint density at radius 1 is 1.43 bits per heavy atom. The van der Waals surface area contributed by atoms with Gasteiger partial charge in [-0.2, -0.15) is 0 Å². The van der Waals surface area contributed by atoms with Crippen LogP contribution in [0.15, 0.2) is 29.2 Å². The lowest BCUT2D eigenvalue weighted by Crippen LogP contribution is -2.39. The zero-order chi connectivity index (χ0) is 15.5. The molecular formula is C15H22N2O3S. The van der Waals surface area contributed by atoms with Crippen molar-refractivity contribution >= 4 is 21.4 Å². The van der Waals surface area contributed by atoms with Gasteiger partial charge >= 0.3 is 0 Å². The highest BCUT2D eigenvalue weighted by atomic mass is 32.2. The molecule has 0 aliphatic carbocycles. The second kappa shape index (κ2) is 6.58. The third-order valence-corrected chi connectivity index (χ3v) is 4.76. The van der Waals surface area contributed by atoms with E-state index in [4.69, 9.17) is 0 Å². The molecular weight excluding hydrogens is 288 g/mol. The normalized spacial score (nSPS) is 20.2. The van der Waals surface area contributed by atoms with E-state index in [1.165, 1.54) is 18.6 Å². The minimum absolute atomic E-state index is 0.102. The molecule has 2 rings (SSSR count). The summed E-state index contributed by atoms with van der Waals surface area (Å²) in [6.07, 6.45) is 3.50. The maximum Gasteiger partial charge on any atom is 0.238 e. The summed E-state index contributed by atoms with van der Waals surface area (Å²) < 4.78 is 23.0. The SMILES string of the molecule is C[C@@H]1CCCN(CC(=O)Nc2cccc(S(C)(=O)=O)c2)C1. The standard InChI is InChI=1S/C15H22N2O3S/c1-12-5-4-8-17(10-12)11-15(18)16-13-6-3-7-14(9-13)21(2,19)20/h3,6-7,9,12H,4-5,8,10-11H2,1-2H3,(H,16,18)/t12-/m1/s1. The lowest BCUT2D eigenvalue weighted by Gasteiger charge is -2.30. The number of hydrogen-bond acceptors (Lipinski definition) is 4. The molecule has 0 saturated carbocycles. The fourth-order valence-corrected chi connectivity index (χ4v) is 3.31. The first-order chi connectivity index (χ1) is 9.84. The molecule has 0 radical (unpaired) electrons. The van der Waals surface area contributed by atoms with Gasteiger partial charge in [0.1, 0.15) is 0 Å². The van der Waals surface area contributed by atoms with Gasteiger partial charge in [0.05, 0.1) is 11.4 Å². The van der Waals surface area contributed by atoms with Crippen LogP contribution in [-0.4, -0.2) is 45.1 Å². The molecule has 5 nitrogen and oxygen atoms in total. The van der Waals surface area contributed by atoms with Crippen molar-refractivity contribution in [2.75, 3.05) is 31.2 Å². The summed E-state index contributed by atoms with van der Waals surface area (Å²) in [5.41, 5.74) is 0.521. The highest BCUT2D eigenvalue weighted by Crippen LogP contribution is 2.17. The van der Waals surface area contributed by atoms with Crippen LogP contribution in [0.3, 0.4) is 0 Å². The summed E-state index contributed by atoms with van der Waals surface area (Å²) >= 11 is 0. The van der Waals surface area contributed by atoms with Gasteiger partial charge in [0.15, 0.2) is 9.84 Å². The molecule has 21 heavy (non-hydrogen) atoms. The number of rotatable bonds is 4. The number of piperidine rings is 1. The zero-order valence-electron chi connectivity index (χ0n) is 12.5. The molecule has 1 aliphatic rings. The number of nitrogens with one attached hydrogen (secondary N) is 1. The molecule has 1 fully saturated rings. The zero-order valence-corrected chi connectivity index (χ0v) is 13.3. The minimum atomic E-state index is -3.26. The molecule has 0 unspecified atom stereocenters. The highest BCUT2D eigenvalue weighted by molar-refractivity contribution is 7.90. The van der Waals surface area contributed by atoms with Crippen molar-refractivity contribution < 1.29 is 13.2 Å². The van der Waals surface area contributed by atoms with Crippen LogP contribution in [0.4, 0.5) is 5.69 Å². The third-order valence-electron chi connectivity index (χ3n) is 3.65. The first-order valence-corrected chi connectivity index (χ1v) is 9.06. The van der Waals surface area contributed by atoms with Gasteiger partial charge in [-0.05, 0) is 43.5 Å². The van der Waals surface area contributed by atoms with Gasteiger partial charge in [0.25, 0.3) is 0 Å². The van der Waals surface area contributed by atoms with Gasteiger partial charge < -0.3 is 5.32 Å². The van der Waals surface area contributed by atoms with Crippen molar-refractivity contribution in [2.45, 2.75) is 24.7 Å². The van der Waals surface area contributed by atoms with Gasteiger partial charge in [-0.15, -0.1) is 0 Å². The van der Waals surface area contributed by atoms with E-state index in [0.29, 0.717) is 18.2 Å². The van der Waals surface area contributed by atoms with Crippen molar-refractivity contribution in [2.24, 2.45) is 5.92 Å². The number of sulfone groups is 1. The number of hydrogen-bond donors (Lipinski definition) is 1. The maximum absolute atomic E-state index is 12.0. The number of anilines is 1. The van der Waals surface area contributed by atoms with Crippen LogP contribution < -0.4 is 5.32 Å². The van der Waals surface area contributed by atoms with Crippen LogP contribution >= 0.6 is 0 Å². The number of likely N-dealkylation sites (tertiary alicyclic amines) is 1. The average Bonchev–Trinajstić information content (AvgIpc) is 2.37. The molecule has 0 aromatic heterocycles. The average molecular weight is 310 g/mol. The fraction of sp³-hybridized carbons (Fsp3) is 0.533. The van der Waals surface area contributed by atoms with E-state index in [-0.39, 0.29) is 10.8 Å². The van der Waals surface area contributed by atoms with Crippen molar-refractivity contribution in [1.82, 2.24) is 4.90 Å². The van der Waals surface area contributed by atoms with E-state index in [1.54, 1.807) is 12.1 Å². The summed E-state index contributed by atoms with van der Waals surface area (Å²) in [6.45, 7) is 4.44. The van der Waals surface area contributed by atoms with Crippen LogP contribution in [-0.2, 0) is 14.6 Å². The van der Waals surface area contributed by atoms with Gasteiger partial charge in [-0.1, -0.05) is 13.0 Å². The van der Waals surface area contributed by atoms with E-state index in [9.17, 15) is 13.2 Å². The number of carbonyl (C=O) groups is 1. The smallest absolute Gasteiger partial charge is 0.238 e. The molecule has 1 aromatic rings. The second-order valence-corrected chi connectivity index (χ2v) is 7.85. The van der Waals surface area contributed by atoms with Crippen LogP contribution in [0.2, 0.25) is 0 Å². The van der Waals surface area contributed by atoms with E-state index in [1.807, 2.05) is 0 Å². The molecule has 1 saturated heterocycles. The molecule has 1 N–H and O–H groups in total. The van der Waals surface area contributed by atoms with Crippen molar-refractivity contribution in [1.29, 1.82) is 0 Å². The lowest BCUT2D eigenvalue weighted by molar-refractivity contribution is -0.117. The quantitative estimate of drug-likeness (QED) is 0.920. The maximum atomic E-state index is 12.0. The Labute approximate surface area is 126 Å². The Morgan fingerprint density at radius 3 is 2.86 bits per heavy atom. The van der Waals surface area contributed by atoms with Crippen LogP contribution in [0, 0.1) is 5.92 Å². The Morgan fingerprint density at radius 2 is 2.19 bits per heavy atom. The van der Waals surface area contributed by atoms with Gasteiger partial charge in [0, 0.05) is 18.5 Å². The second-order valence-electron chi connectivity index (χ2n) is 5.83. The number of amides is 1. The van der Waals surface area contributed by atoms with E-state index in [2.05, 4.69) is 17.1 Å². The summed E-state index contributed by atoms with van der Waals surface area (Å²) in [5, 5.41) is 2.77. The van der Waals surface area contributed by atoms with Crippen LogP contribution in [0.25, 0.3) is 0 Å². The van der Waals surface area contributed by atoms with Gasteiger partial charge in [-0.25, -0.2) is 8.42 Å². The predicted molar refractivity (Wildman–Crippen MR) is 83.0 cm³/mol. The van der Waals surface area contributed by atoms with Crippen LogP contribution in [0.1, 0.15) is 19.8 Å². The topological polar surface area (TPSA) is 66.5 Å². The van der Waals surface area contributed by atoms with Crippen molar-refractivity contribution in [3.8, 4) is 0 Å². The van der Waals surface area contributed by atoms with Gasteiger partial charge in [0.2, 0.25) is 5.91 Å². The predicted octanol–water partition coefficient (Wildman–Crippen LogP) is 1.76.